The smallest absolute Gasteiger partial charge is 0.316 e. The Balaban J connectivity index is 2.78. The van der Waals surface area contributed by atoms with Gasteiger partial charge >= 0.3 is 6.03 Å². The lowest BCUT2D eigenvalue weighted by molar-refractivity contribution is 0.259. The van der Waals surface area contributed by atoms with Crippen molar-refractivity contribution in [1.82, 2.24) is 0 Å². The number of benzene rings is 1. The van der Waals surface area contributed by atoms with Gasteiger partial charge in [0.05, 0.1) is 0 Å². The van der Waals surface area contributed by atoms with E-state index in [1.165, 1.54) is 0 Å². The summed E-state index contributed by atoms with van der Waals surface area (Å²) in [5.41, 5.74) is 6.33. The van der Waals surface area contributed by atoms with Crippen LogP contribution in [-0.4, -0.2) is 6.03 Å². The summed E-state index contributed by atoms with van der Waals surface area (Å²) in [6.07, 6.45) is 0. The van der Waals surface area contributed by atoms with Crippen LogP contribution in [0.15, 0.2) is 29.4 Å². The lowest BCUT2D eigenvalue weighted by atomic mass is 10.1. The maximum atomic E-state index is 10.5. The molecule has 0 heterocycles. The summed E-state index contributed by atoms with van der Waals surface area (Å²) in [7, 11) is 0. The van der Waals surface area contributed by atoms with E-state index in [9.17, 15) is 9.70 Å². The second-order valence-corrected chi connectivity index (χ2v) is 2.89. The molecule has 0 aliphatic rings. The molecule has 0 saturated heterocycles. The molecule has 0 fully saturated rings. The lowest BCUT2D eigenvalue weighted by Gasteiger charge is -2.05. The maximum absolute atomic E-state index is 10.5. The van der Waals surface area contributed by atoms with Crippen molar-refractivity contribution in [3.05, 3.63) is 34.7 Å². The molecule has 1 unspecified atom stereocenters. The summed E-state index contributed by atoms with van der Waals surface area (Å²) in [6, 6.07) is 5.79. The standard InChI is InChI=1S/C9H11N3O2/c1-6(12-14)7-2-4-8(5-3-7)11-9(10)13/h2-6H,1H3,(H3,10,11,13). The minimum Gasteiger partial charge on any atom is -0.351 e. The van der Waals surface area contributed by atoms with Crippen molar-refractivity contribution < 1.29 is 4.79 Å². The highest BCUT2D eigenvalue weighted by Gasteiger charge is 2.04. The van der Waals surface area contributed by atoms with Crippen LogP contribution in [0, 0.1) is 4.91 Å². The highest BCUT2D eigenvalue weighted by atomic mass is 16.3. The molecule has 0 aliphatic heterocycles. The van der Waals surface area contributed by atoms with E-state index in [0.717, 1.165) is 5.56 Å². The number of nitrogens with zero attached hydrogens (tertiary/aromatic N) is 1. The van der Waals surface area contributed by atoms with E-state index in [1.807, 2.05) is 0 Å². The summed E-state index contributed by atoms with van der Waals surface area (Å²) >= 11 is 0. The van der Waals surface area contributed by atoms with Crippen molar-refractivity contribution in [2.24, 2.45) is 10.9 Å². The summed E-state index contributed by atoms with van der Waals surface area (Å²) in [6.45, 7) is 1.70. The number of hydrogen-bond acceptors (Lipinski definition) is 3. The van der Waals surface area contributed by atoms with Crippen LogP contribution in [0.1, 0.15) is 18.5 Å². The van der Waals surface area contributed by atoms with Crippen LogP contribution < -0.4 is 11.1 Å². The number of carbonyl (C=O) groups excluding carboxylic acids is 1. The largest absolute Gasteiger partial charge is 0.351 e. The van der Waals surface area contributed by atoms with Gasteiger partial charge < -0.3 is 11.1 Å². The predicted octanol–water partition coefficient (Wildman–Crippen LogP) is 2.00. The van der Waals surface area contributed by atoms with E-state index in [0.29, 0.717) is 5.69 Å². The van der Waals surface area contributed by atoms with Crippen molar-refractivity contribution in [3.63, 3.8) is 0 Å². The Kier molecular flexibility index (Phi) is 3.17. The molecule has 0 aromatic heterocycles. The Labute approximate surface area is 81.3 Å². The Morgan fingerprint density at radius 3 is 2.43 bits per heavy atom. The van der Waals surface area contributed by atoms with Crippen molar-refractivity contribution >= 4 is 11.7 Å². The van der Waals surface area contributed by atoms with Crippen LogP contribution in [0.2, 0.25) is 0 Å². The van der Waals surface area contributed by atoms with E-state index >= 15 is 0 Å². The molecular weight excluding hydrogens is 182 g/mol. The van der Waals surface area contributed by atoms with Crippen molar-refractivity contribution in [2.75, 3.05) is 5.32 Å². The van der Waals surface area contributed by atoms with E-state index in [-0.39, 0.29) is 6.04 Å². The Hall–Kier alpha value is -1.91. The van der Waals surface area contributed by atoms with E-state index < -0.39 is 6.03 Å². The molecule has 0 spiro atoms. The first-order valence-corrected chi connectivity index (χ1v) is 4.12. The Morgan fingerprint density at radius 2 is 2.00 bits per heavy atom. The minimum absolute atomic E-state index is 0.377. The van der Waals surface area contributed by atoms with Gasteiger partial charge in [0, 0.05) is 5.69 Å². The van der Waals surface area contributed by atoms with E-state index in [1.54, 1.807) is 31.2 Å². The number of rotatable bonds is 3. The van der Waals surface area contributed by atoms with Gasteiger partial charge in [-0.1, -0.05) is 17.3 Å². The summed E-state index contributed by atoms with van der Waals surface area (Å²) in [5, 5.41) is 5.31. The van der Waals surface area contributed by atoms with Gasteiger partial charge in [-0.05, 0) is 24.6 Å². The van der Waals surface area contributed by atoms with Crippen LogP contribution in [0.4, 0.5) is 10.5 Å². The second kappa shape index (κ2) is 4.36. The van der Waals surface area contributed by atoms with Gasteiger partial charge in [-0.15, -0.1) is 0 Å². The average Bonchev–Trinajstić information content (AvgIpc) is 2.17. The molecule has 3 N–H and O–H groups in total. The third-order valence-corrected chi connectivity index (χ3v) is 1.82. The highest BCUT2D eigenvalue weighted by Crippen LogP contribution is 2.18. The number of nitrogens with one attached hydrogen (secondary N) is 1. The monoisotopic (exact) mass is 193 g/mol. The number of urea groups is 1. The number of anilines is 1. The fourth-order valence-electron chi connectivity index (χ4n) is 1.05. The maximum Gasteiger partial charge on any atom is 0.316 e. The minimum atomic E-state index is -0.612. The van der Waals surface area contributed by atoms with Crippen LogP contribution in [0.5, 0.6) is 0 Å². The van der Waals surface area contributed by atoms with E-state index in [4.69, 9.17) is 5.73 Å². The average molecular weight is 193 g/mol. The van der Waals surface area contributed by atoms with Gasteiger partial charge in [-0.2, -0.15) is 4.91 Å². The Morgan fingerprint density at radius 1 is 1.43 bits per heavy atom. The zero-order chi connectivity index (χ0) is 10.6. The molecule has 1 aromatic rings. The lowest BCUT2D eigenvalue weighted by Crippen LogP contribution is -2.19. The van der Waals surface area contributed by atoms with Gasteiger partial charge in [0.2, 0.25) is 0 Å². The summed E-state index contributed by atoms with van der Waals surface area (Å²) < 4.78 is 0. The SMILES string of the molecule is CC(N=O)c1ccc(NC(N)=O)cc1. The van der Waals surface area contributed by atoms with Crippen molar-refractivity contribution in [2.45, 2.75) is 13.0 Å². The number of hydrogen-bond donors (Lipinski definition) is 2. The van der Waals surface area contributed by atoms with Gasteiger partial charge in [-0.25, -0.2) is 4.79 Å². The number of amides is 2. The summed E-state index contributed by atoms with van der Waals surface area (Å²) in [4.78, 5) is 20.7. The molecule has 14 heavy (non-hydrogen) atoms. The molecule has 0 bridgehead atoms. The molecule has 0 radical (unpaired) electrons. The van der Waals surface area contributed by atoms with Crippen molar-refractivity contribution in [1.29, 1.82) is 0 Å². The molecule has 5 heteroatoms. The van der Waals surface area contributed by atoms with Gasteiger partial charge in [0.1, 0.15) is 6.04 Å². The first-order chi connectivity index (χ1) is 6.63. The second-order valence-electron chi connectivity index (χ2n) is 2.89. The molecule has 1 aromatic carbocycles. The normalized spacial score (nSPS) is 11.8. The van der Waals surface area contributed by atoms with Crippen LogP contribution in [0.3, 0.4) is 0 Å². The molecule has 0 aliphatic carbocycles. The number of nitroso groups, excluding NO2 is 1. The van der Waals surface area contributed by atoms with Crippen molar-refractivity contribution in [3.8, 4) is 0 Å². The predicted molar refractivity (Wildman–Crippen MR) is 53.9 cm³/mol. The zero-order valence-electron chi connectivity index (χ0n) is 7.73. The van der Waals surface area contributed by atoms with Gasteiger partial charge in [-0.3, -0.25) is 0 Å². The molecule has 0 saturated carbocycles. The van der Waals surface area contributed by atoms with Crippen LogP contribution in [0.25, 0.3) is 0 Å². The number of primary amides is 1. The molecule has 2 amide bonds. The third kappa shape index (κ3) is 2.55. The molecule has 1 atom stereocenters. The highest BCUT2D eigenvalue weighted by molar-refractivity contribution is 5.87. The quantitative estimate of drug-likeness (QED) is 0.719. The number of carbonyl (C=O) groups is 1. The number of nitrogens with two attached hydrogens (primary N) is 1. The zero-order valence-corrected chi connectivity index (χ0v) is 7.73. The van der Waals surface area contributed by atoms with Gasteiger partial charge in [0.15, 0.2) is 0 Å². The van der Waals surface area contributed by atoms with Gasteiger partial charge in [0.25, 0.3) is 0 Å². The fourth-order valence-corrected chi connectivity index (χ4v) is 1.05. The first kappa shape index (κ1) is 10.2. The van der Waals surface area contributed by atoms with Crippen LogP contribution >= 0.6 is 0 Å². The first-order valence-electron chi connectivity index (χ1n) is 4.12. The molecule has 5 nitrogen and oxygen atoms in total. The van der Waals surface area contributed by atoms with Crippen LogP contribution in [-0.2, 0) is 0 Å². The summed E-state index contributed by atoms with van der Waals surface area (Å²) in [5.74, 6) is 0. The molecule has 74 valence electrons. The molecule has 1 rings (SSSR count). The fraction of sp³-hybridized carbons (Fsp3) is 0.222. The Bertz CT molecular complexity index is 334. The topological polar surface area (TPSA) is 84.6 Å². The van der Waals surface area contributed by atoms with E-state index in [2.05, 4.69) is 10.5 Å². The third-order valence-electron chi connectivity index (χ3n) is 1.82. The molecular formula is C9H11N3O2.